The van der Waals surface area contributed by atoms with E-state index in [1.807, 2.05) is 62.4 Å². The van der Waals surface area contributed by atoms with Crippen LogP contribution in [0.15, 0.2) is 60.7 Å². The van der Waals surface area contributed by atoms with Crippen molar-refractivity contribution in [1.29, 1.82) is 5.26 Å². The maximum absolute atomic E-state index is 12.2. The summed E-state index contributed by atoms with van der Waals surface area (Å²) in [4.78, 5) is 6.28. The van der Waals surface area contributed by atoms with Gasteiger partial charge >= 0.3 is 0 Å². The summed E-state index contributed by atoms with van der Waals surface area (Å²) in [6.07, 6.45) is 1.18. The fourth-order valence-electron chi connectivity index (χ4n) is 5.12. The van der Waals surface area contributed by atoms with Crippen LogP contribution in [0.5, 0.6) is 11.6 Å². The van der Waals surface area contributed by atoms with Crippen molar-refractivity contribution in [1.82, 2.24) is 9.88 Å². The Morgan fingerprint density at radius 2 is 1.79 bits per heavy atom. The van der Waals surface area contributed by atoms with E-state index in [2.05, 4.69) is 17.1 Å². The number of hydrogen-bond donors (Lipinski definition) is 1. The van der Waals surface area contributed by atoms with Crippen LogP contribution in [0.2, 0.25) is 5.02 Å². The van der Waals surface area contributed by atoms with Crippen LogP contribution in [0.4, 0.5) is 0 Å². The van der Waals surface area contributed by atoms with Gasteiger partial charge in [0.2, 0.25) is 5.88 Å². The van der Waals surface area contributed by atoms with Crippen molar-refractivity contribution in [3.05, 3.63) is 88.1 Å². The van der Waals surface area contributed by atoms with Gasteiger partial charge in [0.1, 0.15) is 23.1 Å². The highest BCUT2D eigenvalue weighted by Crippen LogP contribution is 2.67. The Morgan fingerprint density at radius 3 is 2.38 bits per heavy atom. The monoisotopic (exact) mass is 477 g/mol. The van der Waals surface area contributed by atoms with Gasteiger partial charge in [-0.05, 0) is 57.2 Å². The van der Waals surface area contributed by atoms with Crippen molar-refractivity contribution in [2.24, 2.45) is 0 Å². The summed E-state index contributed by atoms with van der Waals surface area (Å²) in [6, 6.07) is 21.1. The fraction of sp³-hybridized carbons (Fsp3) is 0.333. The molecule has 0 saturated heterocycles. The van der Waals surface area contributed by atoms with Gasteiger partial charge in [0.25, 0.3) is 0 Å². The maximum Gasteiger partial charge on any atom is 0.224 e. The third-order valence-electron chi connectivity index (χ3n) is 6.32. The number of nitriles is 1. The van der Waals surface area contributed by atoms with E-state index in [9.17, 15) is 10.4 Å². The Morgan fingerprint density at radius 1 is 1.15 bits per heavy atom. The molecule has 6 nitrogen and oxygen atoms in total. The minimum atomic E-state index is -1.37. The number of ether oxygens (including phenoxy) is 2. The lowest BCUT2D eigenvalue weighted by Gasteiger charge is -2.40. The summed E-state index contributed by atoms with van der Waals surface area (Å²) >= 11 is 6.15. The molecule has 1 aliphatic carbocycles. The van der Waals surface area contributed by atoms with Gasteiger partial charge in [0.15, 0.2) is 5.60 Å². The molecule has 0 radical (unpaired) electrons. The molecule has 2 heterocycles. The van der Waals surface area contributed by atoms with E-state index in [1.54, 1.807) is 18.2 Å². The number of pyridine rings is 1. The first kappa shape index (κ1) is 24.0. The third-order valence-corrected chi connectivity index (χ3v) is 6.57. The largest absolute Gasteiger partial charge is 0.481 e. The third kappa shape index (κ3) is 3.80. The molecule has 176 valence electrons. The van der Waals surface area contributed by atoms with Crippen molar-refractivity contribution in [3.8, 4) is 17.7 Å². The van der Waals surface area contributed by atoms with Crippen molar-refractivity contribution < 1.29 is 14.6 Å². The van der Waals surface area contributed by atoms with Gasteiger partial charge in [0, 0.05) is 17.0 Å². The number of benzene rings is 2. The highest BCUT2D eigenvalue weighted by Gasteiger charge is 2.69. The van der Waals surface area contributed by atoms with Crippen LogP contribution >= 0.6 is 11.6 Å². The molecule has 0 spiro atoms. The van der Waals surface area contributed by atoms with E-state index in [-0.39, 0.29) is 17.5 Å². The van der Waals surface area contributed by atoms with E-state index in [0.29, 0.717) is 29.2 Å². The Labute approximate surface area is 205 Å². The number of rotatable bonds is 3. The lowest BCUT2D eigenvalue weighted by Crippen LogP contribution is -2.48. The zero-order valence-corrected chi connectivity index (χ0v) is 20.5. The van der Waals surface area contributed by atoms with E-state index in [4.69, 9.17) is 21.1 Å². The zero-order chi connectivity index (χ0) is 24.5. The van der Waals surface area contributed by atoms with Crippen LogP contribution in [0.1, 0.15) is 41.1 Å². The summed E-state index contributed by atoms with van der Waals surface area (Å²) in [7, 11) is 7.49. The molecule has 1 saturated carbocycles. The van der Waals surface area contributed by atoms with Crippen molar-refractivity contribution in [3.63, 3.8) is 0 Å². The summed E-state index contributed by atoms with van der Waals surface area (Å²) in [5.74, 6) is 0.528. The van der Waals surface area contributed by atoms with Crippen LogP contribution in [0, 0.1) is 11.3 Å². The molecule has 2 aromatic carbocycles. The molecular formula is C27H28ClN3O3. The number of aromatic nitrogens is 1. The van der Waals surface area contributed by atoms with E-state index in [1.165, 1.54) is 7.11 Å². The molecular weight excluding hydrogens is 450 g/mol. The molecule has 1 fully saturated rings. The van der Waals surface area contributed by atoms with Gasteiger partial charge in [-0.25, -0.2) is 4.98 Å². The molecule has 0 bridgehead atoms. The molecule has 5 rings (SSSR count). The van der Waals surface area contributed by atoms with Gasteiger partial charge in [-0.2, -0.15) is 5.26 Å². The number of hydrogen-bond acceptors (Lipinski definition) is 6. The molecule has 3 aromatic rings. The molecule has 2 aliphatic rings. The van der Waals surface area contributed by atoms with Gasteiger partial charge in [-0.15, -0.1) is 0 Å². The quantitative estimate of drug-likeness (QED) is 0.581. The SMILES string of the molecule is CN(C)C.COc1nc(C#N)cc2c1C1(O)CCC(c3ccccc3)C1(c1ccc(Cl)cc1)O2. The first-order valence-electron chi connectivity index (χ1n) is 11.1. The molecule has 1 N–H and O–H groups in total. The second kappa shape index (κ2) is 9.27. The smallest absolute Gasteiger partial charge is 0.224 e. The highest BCUT2D eigenvalue weighted by atomic mass is 35.5. The lowest BCUT2D eigenvalue weighted by atomic mass is 9.72. The van der Waals surface area contributed by atoms with Gasteiger partial charge in [-0.3, -0.25) is 0 Å². The first-order valence-corrected chi connectivity index (χ1v) is 11.5. The minimum Gasteiger partial charge on any atom is -0.481 e. The summed E-state index contributed by atoms with van der Waals surface area (Å²) < 4.78 is 12.1. The summed E-state index contributed by atoms with van der Waals surface area (Å²) in [5.41, 5.74) is 0.100. The van der Waals surface area contributed by atoms with Gasteiger partial charge < -0.3 is 19.5 Å². The average Bonchev–Trinajstić information content (AvgIpc) is 3.26. The first-order chi connectivity index (χ1) is 16.3. The standard InChI is InChI=1S/C24H19ClN2O3.C3H9N/c1-29-22-21-20(13-18(14-26)27-22)30-24(16-7-9-17(25)10-8-16)19(11-12-23(21,24)28)15-5-3-2-4-6-15;1-4(2)3/h2-10,13,19,28H,11-12H2,1H3;1-3H3. The average molecular weight is 478 g/mol. The van der Waals surface area contributed by atoms with E-state index >= 15 is 0 Å². The molecule has 3 atom stereocenters. The molecule has 34 heavy (non-hydrogen) atoms. The number of fused-ring (bicyclic) bond motifs is 3. The molecule has 0 amide bonds. The maximum atomic E-state index is 12.2. The molecule has 3 unspecified atom stereocenters. The predicted molar refractivity (Wildman–Crippen MR) is 131 cm³/mol. The minimum absolute atomic E-state index is 0.118. The highest BCUT2D eigenvalue weighted by molar-refractivity contribution is 6.30. The summed E-state index contributed by atoms with van der Waals surface area (Å²) in [6.45, 7) is 0. The van der Waals surface area contributed by atoms with Crippen LogP contribution in [0.25, 0.3) is 0 Å². The Balaban J connectivity index is 0.000000636. The second-order valence-corrected chi connectivity index (χ2v) is 9.49. The van der Waals surface area contributed by atoms with Crippen molar-refractivity contribution in [2.45, 2.75) is 30.0 Å². The van der Waals surface area contributed by atoms with Crippen molar-refractivity contribution in [2.75, 3.05) is 28.3 Å². The Kier molecular flexibility index (Phi) is 6.55. The lowest BCUT2D eigenvalue weighted by molar-refractivity contribution is -0.106. The van der Waals surface area contributed by atoms with E-state index in [0.717, 1.165) is 11.1 Å². The fourth-order valence-corrected chi connectivity index (χ4v) is 5.24. The Hall–Kier alpha value is -3.11. The molecule has 1 aromatic heterocycles. The molecule has 7 heteroatoms. The number of methoxy groups -OCH3 is 1. The number of nitrogens with zero attached hydrogens (tertiary/aromatic N) is 3. The second-order valence-electron chi connectivity index (χ2n) is 9.05. The number of aliphatic hydroxyl groups is 1. The molecule has 1 aliphatic heterocycles. The van der Waals surface area contributed by atoms with Crippen LogP contribution < -0.4 is 9.47 Å². The van der Waals surface area contributed by atoms with Crippen LogP contribution in [0.3, 0.4) is 0 Å². The predicted octanol–water partition coefficient (Wildman–Crippen LogP) is 4.85. The summed E-state index contributed by atoms with van der Waals surface area (Å²) in [5, 5.41) is 22.2. The zero-order valence-electron chi connectivity index (χ0n) is 19.7. The van der Waals surface area contributed by atoms with Gasteiger partial charge in [-0.1, -0.05) is 54.1 Å². The Bertz CT molecular complexity index is 1210. The number of halogens is 1. The normalized spacial score (nSPS) is 24.4. The van der Waals surface area contributed by atoms with Crippen LogP contribution in [-0.2, 0) is 11.2 Å². The van der Waals surface area contributed by atoms with Crippen molar-refractivity contribution >= 4 is 11.6 Å². The van der Waals surface area contributed by atoms with E-state index < -0.39 is 11.2 Å². The van der Waals surface area contributed by atoms with Crippen LogP contribution in [-0.4, -0.2) is 43.2 Å². The van der Waals surface area contributed by atoms with Gasteiger partial charge in [0.05, 0.1) is 12.7 Å². The topological polar surface area (TPSA) is 78.6 Å².